The van der Waals surface area contributed by atoms with E-state index in [1.807, 2.05) is 18.2 Å². The number of nitrogens with zero attached hydrogens (tertiary/aromatic N) is 1. The fraction of sp³-hybridized carbons (Fsp3) is 0.267. The highest BCUT2D eigenvalue weighted by Crippen LogP contribution is 2.45. The smallest absolute Gasteiger partial charge is 0.338 e. The van der Waals surface area contributed by atoms with Gasteiger partial charge in [-0.05, 0) is 61.9 Å². The first-order chi connectivity index (χ1) is 17.4. The van der Waals surface area contributed by atoms with Gasteiger partial charge in [-0.3, -0.25) is 19.3 Å². The summed E-state index contributed by atoms with van der Waals surface area (Å²) in [6.07, 6.45) is 1.28. The highest BCUT2D eigenvalue weighted by Gasteiger charge is 2.50. The van der Waals surface area contributed by atoms with Crippen molar-refractivity contribution in [2.75, 3.05) is 4.90 Å². The molecule has 2 aliphatic rings. The zero-order valence-corrected chi connectivity index (χ0v) is 20.0. The number of ether oxygens (including phenoxy) is 1. The molecule has 182 valence electrons. The van der Waals surface area contributed by atoms with Gasteiger partial charge < -0.3 is 4.74 Å². The van der Waals surface area contributed by atoms with E-state index in [1.54, 1.807) is 42.5 Å². The van der Waals surface area contributed by atoms with E-state index < -0.39 is 12.1 Å². The highest BCUT2D eigenvalue weighted by atomic mass is 16.5. The van der Waals surface area contributed by atoms with Crippen LogP contribution in [-0.4, -0.2) is 29.7 Å². The second kappa shape index (κ2) is 9.90. The van der Waals surface area contributed by atoms with Gasteiger partial charge in [-0.2, -0.15) is 0 Å². The van der Waals surface area contributed by atoms with Crippen molar-refractivity contribution in [2.24, 2.45) is 11.8 Å². The summed E-state index contributed by atoms with van der Waals surface area (Å²) in [5, 5.41) is 0. The molecule has 1 saturated carbocycles. The quantitative estimate of drug-likeness (QED) is 0.275. The topological polar surface area (TPSA) is 80.8 Å². The fourth-order valence-electron chi connectivity index (χ4n) is 5.33. The lowest BCUT2D eigenvalue weighted by molar-refractivity contribution is -0.122. The summed E-state index contributed by atoms with van der Waals surface area (Å²) in [6.45, 7) is 1.54. The fourth-order valence-corrected chi connectivity index (χ4v) is 5.33. The van der Waals surface area contributed by atoms with Crippen LogP contribution in [0, 0.1) is 11.8 Å². The van der Waals surface area contributed by atoms with Gasteiger partial charge in [-0.15, -0.1) is 0 Å². The predicted molar refractivity (Wildman–Crippen MR) is 135 cm³/mol. The summed E-state index contributed by atoms with van der Waals surface area (Å²) in [6, 6.07) is 25.0. The van der Waals surface area contributed by atoms with Crippen LogP contribution in [0.4, 0.5) is 5.69 Å². The van der Waals surface area contributed by atoms with Crippen molar-refractivity contribution in [1.29, 1.82) is 0 Å². The third-order valence-corrected chi connectivity index (χ3v) is 7.27. The molecule has 2 fully saturated rings. The Balaban J connectivity index is 1.26. The lowest BCUT2D eigenvalue weighted by Gasteiger charge is -2.28. The molecule has 1 aliphatic heterocycles. The Kier molecular flexibility index (Phi) is 6.51. The Morgan fingerprint density at radius 3 is 2.06 bits per heavy atom. The van der Waals surface area contributed by atoms with E-state index in [1.165, 1.54) is 29.5 Å². The molecule has 0 spiro atoms. The average molecular weight is 482 g/mol. The van der Waals surface area contributed by atoms with Crippen molar-refractivity contribution in [2.45, 2.75) is 38.2 Å². The van der Waals surface area contributed by atoms with Crippen LogP contribution < -0.4 is 4.90 Å². The third-order valence-electron chi connectivity index (χ3n) is 7.27. The molecule has 0 N–H and O–H groups in total. The van der Waals surface area contributed by atoms with E-state index >= 15 is 0 Å². The van der Waals surface area contributed by atoms with E-state index in [0.29, 0.717) is 24.1 Å². The van der Waals surface area contributed by atoms with Crippen LogP contribution in [0.2, 0.25) is 0 Å². The number of ketones is 1. The maximum absolute atomic E-state index is 13.3. The number of rotatable bonds is 6. The summed E-state index contributed by atoms with van der Waals surface area (Å²) in [5.41, 5.74) is 2.36. The number of carbonyl (C=O) groups is 4. The number of esters is 1. The average Bonchev–Trinajstić information content (AvgIpc) is 3.18. The van der Waals surface area contributed by atoms with Gasteiger partial charge in [0.15, 0.2) is 6.10 Å². The van der Waals surface area contributed by atoms with Crippen molar-refractivity contribution in [3.8, 4) is 0 Å². The molecular weight excluding hydrogens is 454 g/mol. The van der Waals surface area contributed by atoms with Crippen LogP contribution in [0.1, 0.15) is 58.4 Å². The molecule has 0 radical (unpaired) electrons. The number of amides is 2. The monoisotopic (exact) mass is 481 g/mol. The van der Waals surface area contributed by atoms with Crippen molar-refractivity contribution < 1.29 is 23.9 Å². The molecule has 0 aromatic heterocycles. The number of hydrogen-bond acceptors (Lipinski definition) is 5. The third kappa shape index (κ3) is 4.47. The van der Waals surface area contributed by atoms with Gasteiger partial charge in [0.2, 0.25) is 17.6 Å². The maximum Gasteiger partial charge on any atom is 0.338 e. The van der Waals surface area contributed by atoms with E-state index in [4.69, 9.17) is 4.74 Å². The highest BCUT2D eigenvalue weighted by molar-refractivity contribution is 6.22. The van der Waals surface area contributed by atoms with E-state index in [2.05, 4.69) is 12.1 Å². The van der Waals surface area contributed by atoms with Crippen LogP contribution in [0.5, 0.6) is 0 Å². The standard InChI is InChI=1S/C30H27NO5/c1-19(27(32)21-10-6-3-7-11-21)36-30(35)22-12-15-24(16-13-22)31-28(33)25-17-14-23(18-26(25)29(31)34)20-8-4-2-5-9-20/h2-13,15-16,19,23,25-26H,14,17-18H2,1H3/t19-,23+,25+,26-/m0/s1. The number of Topliss-reactive ketones (excluding diaryl/α,β-unsaturated/α-hetero) is 1. The van der Waals surface area contributed by atoms with Crippen LogP contribution in [-0.2, 0) is 14.3 Å². The minimum Gasteiger partial charge on any atom is -0.451 e. The molecule has 3 aromatic carbocycles. The van der Waals surface area contributed by atoms with Gasteiger partial charge >= 0.3 is 5.97 Å². The summed E-state index contributed by atoms with van der Waals surface area (Å²) in [4.78, 5) is 52.8. The Morgan fingerprint density at radius 2 is 1.39 bits per heavy atom. The molecule has 6 nitrogen and oxygen atoms in total. The molecule has 0 unspecified atom stereocenters. The Labute approximate surface area is 209 Å². The van der Waals surface area contributed by atoms with Gasteiger partial charge in [0, 0.05) is 5.56 Å². The van der Waals surface area contributed by atoms with Crippen LogP contribution in [0.15, 0.2) is 84.9 Å². The zero-order chi connectivity index (χ0) is 25.2. The zero-order valence-electron chi connectivity index (χ0n) is 20.0. The molecular formula is C30H27NO5. The van der Waals surface area contributed by atoms with Gasteiger partial charge in [0.05, 0.1) is 23.1 Å². The van der Waals surface area contributed by atoms with Crippen LogP contribution in [0.25, 0.3) is 0 Å². The Hall–Kier alpha value is -4.06. The number of fused-ring (bicyclic) bond motifs is 1. The van der Waals surface area contributed by atoms with Crippen LogP contribution >= 0.6 is 0 Å². The van der Waals surface area contributed by atoms with Crippen molar-refractivity contribution >= 4 is 29.3 Å². The molecule has 1 heterocycles. The lowest BCUT2D eigenvalue weighted by Crippen LogP contribution is -2.31. The lowest BCUT2D eigenvalue weighted by atomic mass is 9.73. The first-order valence-electron chi connectivity index (χ1n) is 12.3. The molecule has 4 atom stereocenters. The molecule has 6 heteroatoms. The van der Waals surface area contributed by atoms with E-state index in [-0.39, 0.29) is 40.9 Å². The second-order valence-corrected chi connectivity index (χ2v) is 9.47. The number of carbonyl (C=O) groups excluding carboxylic acids is 4. The predicted octanol–water partition coefficient (Wildman–Crippen LogP) is 5.19. The summed E-state index contributed by atoms with van der Waals surface area (Å²) >= 11 is 0. The molecule has 2 amide bonds. The Bertz CT molecular complexity index is 1290. The van der Waals surface area contributed by atoms with Gasteiger partial charge in [-0.1, -0.05) is 60.7 Å². The number of imide groups is 1. The van der Waals surface area contributed by atoms with Crippen molar-refractivity contribution in [3.05, 3.63) is 102 Å². The normalized spacial score (nSPS) is 22.1. The van der Waals surface area contributed by atoms with Gasteiger partial charge in [-0.25, -0.2) is 4.79 Å². The number of benzene rings is 3. The first-order valence-corrected chi connectivity index (χ1v) is 12.3. The molecule has 36 heavy (non-hydrogen) atoms. The molecule has 1 saturated heterocycles. The minimum atomic E-state index is -0.943. The van der Waals surface area contributed by atoms with E-state index in [9.17, 15) is 19.2 Å². The number of hydrogen-bond donors (Lipinski definition) is 0. The van der Waals surface area contributed by atoms with Crippen molar-refractivity contribution in [1.82, 2.24) is 0 Å². The SMILES string of the molecule is C[C@H](OC(=O)c1ccc(N2C(=O)[C@H]3C[C@H](c4ccccc4)CC[C@H]3C2=O)cc1)C(=O)c1ccccc1. The number of anilines is 1. The largest absolute Gasteiger partial charge is 0.451 e. The Morgan fingerprint density at radius 1 is 0.778 bits per heavy atom. The molecule has 3 aromatic rings. The molecule has 5 rings (SSSR count). The maximum atomic E-state index is 13.3. The van der Waals surface area contributed by atoms with Crippen LogP contribution in [0.3, 0.4) is 0 Å². The summed E-state index contributed by atoms with van der Waals surface area (Å²) < 4.78 is 5.36. The van der Waals surface area contributed by atoms with E-state index in [0.717, 1.165) is 6.42 Å². The molecule has 0 bridgehead atoms. The van der Waals surface area contributed by atoms with Gasteiger partial charge in [0.1, 0.15) is 0 Å². The summed E-state index contributed by atoms with van der Waals surface area (Å²) in [7, 11) is 0. The first kappa shape index (κ1) is 23.7. The van der Waals surface area contributed by atoms with Crippen molar-refractivity contribution in [3.63, 3.8) is 0 Å². The summed E-state index contributed by atoms with van der Waals surface area (Å²) in [5.74, 6) is -1.64. The second-order valence-electron chi connectivity index (χ2n) is 9.47. The molecule has 1 aliphatic carbocycles. The van der Waals surface area contributed by atoms with Gasteiger partial charge in [0.25, 0.3) is 0 Å². The minimum absolute atomic E-state index is 0.172.